The van der Waals surface area contributed by atoms with Crippen molar-refractivity contribution in [3.63, 3.8) is 0 Å². The molecule has 186 valence electrons. The molecule has 0 saturated heterocycles. The molecule has 0 saturated carbocycles. The number of benzene rings is 3. The lowest BCUT2D eigenvalue weighted by atomic mass is 9.63. The number of rotatable bonds is 7. The molecule has 3 nitrogen and oxygen atoms in total. The van der Waals surface area contributed by atoms with E-state index in [1.807, 2.05) is 6.07 Å². The summed E-state index contributed by atoms with van der Waals surface area (Å²) in [7, 11) is 0. The molecular formula is C31H31FO3S. The number of allylic oxidation sites excluding steroid dienone is 1. The van der Waals surface area contributed by atoms with Crippen molar-refractivity contribution in [3.8, 4) is 0 Å². The van der Waals surface area contributed by atoms with Gasteiger partial charge in [-0.2, -0.15) is 0 Å². The average Bonchev–Trinajstić information content (AvgIpc) is 2.85. The number of carbonyl (C=O) groups excluding carboxylic acids is 1. The highest BCUT2D eigenvalue weighted by Crippen LogP contribution is 2.50. The Morgan fingerprint density at radius 3 is 2.19 bits per heavy atom. The molecule has 3 aromatic rings. The maximum absolute atomic E-state index is 13.4. The van der Waals surface area contributed by atoms with Gasteiger partial charge in [0.1, 0.15) is 5.82 Å². The maximum Gasteiger partial charge on any atom is 0.335 e. The van der Waals surface area contributed by atoms with Crippen LogP contribution in [-0.4, -0.2) is 16.9 Å². The van der Waals surface area contributed by atoms with Gasteiger partial charge in [-0.15, -0.1) is 11.8 Å². The minimum absolute atomic E-state index is 0.0146. The standard InChI is InChI=1S/C31H31FO3S/c1-30(2)15-16-31(3,4)28-25(30)17-23(18-27(28)36-19-21-7-12-24(32)13-8-21)26(33)14-9-20-5-10-22(11-6-20)29(34)35/h5-14,17-18H,15-16,19H2,1-4H3,(H,34,35)/b14-9+. The van der Waals surface area contributed by atoms with Crippen LogP contribution in [0.3, 0.4) is 0 Å². The van der Waals surface area contributed by atoms with Gasteiger partial charge in [0, 0.05) is 16.2 Å². The second-order valence-electron chi connectivity index (χ2n) is 10.7. The van der Waals surface area contributed by atoms with Crippen LogP contribution in [0.4, 0.5) is 4.39 Å². The van der Waals surface area contributed by atoms with E-state index in [-0.39, 0.29) is 28.0 Å². The summed E-state index contributed by atoms with van der Waals surface area (Å²) in [4.78, 5) is 25.5. The zero-order chi connectivity index (χ0) is 26.1. The van der Waals surface area contributed by atoms with Crippen molar-refractivity contribution in [2.24, 2.45) is 0 Å². The zero-order valence-corrected chi connectivity index (χ0v) is 21.9. The Morgan fingerprint density at radius 2 is 1.56 bits per heavy atom. The Hall–Kier alpha value is -3.18. The second-order valence-corrected chi connectivity index (χ2v) is 11.7. The van der Waals surface area contributed by atoms with Crippen LogP contribution in [0, 0.1) is 5.82 Å². The van der Waals surface area contributed by atoms with E-state index in [4.69, 9.17) is 5.11 Å². The van der Waals surface area contributed by atoms with Crippen LogP contribution in [0.2, 0.25) is 0 Å². The molecule has 0 fully saturated rings. The van der Waals surface area contributed by atoms with E-state index in [0.717, 1.165) is 28.9 Å². The first kappa shape index (κ1) is 25.9. The van der Waals surface area contributed by atoms with Crippen LogP contribution in [-0.2, 0) is 16.6 Å². The van der Waals surface area contributed by atoms with Crippen molar-refractivity contribution in [2.45, 2.75) is 62.0 Å². The molecule has 1 aliphatic carbocycles. The third kappa shape index (κ3) is 5.62. The zero-order valence-electron chi connectivity index (χ0n) is 21.1. The number of hydrogen-bond donors (Lipinski definition) is 1. The van der Waals surface area contributed by atoms with Gasteiger partial charge in [0.25, 0.3) is 0 Å². The summed E-state index contributed by atoms with van der Waals surface area (Å²) in [5.41, 5.74) is 5.09. The molecule has 36 heavy (non-hydrogen) atoms. The summed E-state index contributed by atoms with van der Waals surface area (Å²) in [6.07, 6.45) is 5.37. The summed E-state index contributed by atoms with van der Waals surface area (Å²) in [6, 6.07) is 17.0. The van der Waals surface area contributed by atoms with Crippen LogP contribution < -0.4 is 0 Å². The predicted octanol–water partition coefficient (Wildman–Crippen LogP) is 8.06. The minimum atomic E-state index is -0.980. The molecule has 1 N–H and O–H groups in total. The average molecular weight is 503 g/mol. The fourth-order valence-electron chi connectivity index (χ4n) is 4.73. The van der Waals surface area contributed by atoms with Gasteiger partial charge in [0.15, 0.2) is 5.78 Å². The van der Waals surface area contributed by atoms with E-state index in [9.17, 15) is 14.0 Å². The van der Waals surface area contributed by atoms with Crippen LogP contribution in [0.5, 0.6) is 0 Å². The first-order valence-electron chi connectivity index (χ1n) is 12.1. The second kappa shape index (κ2) is 10.1. The summed E-state index contributed by atoms with van der Waals surface area (Å²) < 4.78 is 13.4. The van der Waals surface area contributed by atoms with Gasteiger partial charge in [-0.1, -0.05) is 58.0 Å². The molecular weight excluding hydrogens is 471 g/mol. The quantitative estimate of drug-likeness (QED) is 0.202. The molecule has 0 bridgehead atoms. The molecule has 0 atom stereocenters. The molecule has 0 spiro atoms. The van der Waals surface area contributed by atoms with Crippen LogP contribution in [0.15, 0.2) is 71.6 Å². The van der Waals surface area contributed by atoms with Gasteiger partial charge in [0.2, 0.25) is 0 Å². The van der Waals surface area contributed by atoms with Gasteiger partial charge in [-0.05, 0) is 88.4 Å². The third-order valence-corrected chi connectivity index (χ3v) is 8.17. The lowest BCUT2D eigenvalue weighted by Crippen LogP contribution is -2.34. The molecule has 0 aliphatic heterocycles. The number of ketones is 1. The maximum atomic E-state index is 13.4. The van der Waals surface area contributed by atoms with Crippen molar-refractivity contribution < 1.29 is 19.1 Å². The summed E-state index contributed by atoms with van der Waals surface area (Å²) in [6.45, 7) is 9.02. The van der Waals surface area contributed by atoms with Gasteiger partial charge < -0.3 is 5.11 Å². The molecule has 5 heteroatoms. The van der Waals surface area contributed by atoms with Gasteiger partial charge in [-0.3, -0.25) is 4.79 Å². The van der Waals surface area contributed by atoms with Crippen LogP contribution in [0.1, 0.15) is 83.5 Å². The van der Waals surface area contributed by atoms with E-state index in [2.05, 4.69) is 33.8 Å². The topological polar surface area (TPSA) is 54.4 Å². The molecule has 0 radical (unpaired) electrons. The molecule has 0 aromatic heterocycles. The van der Waals surface area contributed by atoms with Gasteiger partial charge in [0.05, 0.1) is 5.56 Å². The van der Waals surface area contributed by atoms with Crippen molar-refractivity contribution in [1.82, 2.24) is 0 Å². The monoisotopic (exact) mass is 502 g/mol. The highest BCUT2D eigenvalue weighted by molar-refractivity contribution is 7.98. The van der Waals surface area contributed by atoms with E-state index in [0.29, 0.717) is 11.3 Å². The Morgan fingerprint density at radius 1 is 0.917 bits per heavy atom. The van der Waals surface area contributed by atoms with Crippen molar-refractivity contribution in [1.29, 1.82) is 0 Å². The molecule has 0 unspecified atom stereocenters. The SMILES string of the molecule is CC1(C)CCC(C)(C)c2c(SCc3ccc(F)cc3)cc(C(=O)/C=C/c3ccc(C(=O)O)cc3)cc21. The number of hydrogen-bond acceptors (Lipinski definition) is 3. The highest BCUT2D eigenvalue weighted by atomic mass is 32.2. The number of halogens is 1. The van der Waals surface area contributed by atoms with Gasteiger partial charge in [-0.25, -0.2) is 9.18 Å². The smallest absolute Gasteiger partial charge is 0.335 e. The lowest BCUT2D eigenvalue weighted by Gasteiger charge is -2.43. The number of thioether (sulfide) groups is 1. The fourth-order valence-corrected chi connectivity index (χ4v) is 5.99. The number of carbonyl (C=O) groups is 2. The van der Waals surface area contributed by atoms with Crippen LogP contribution in [0.25, 0.3) is 6.08 Å². The highest BCUT2D eigenvalue weighted by Gasteiger charge is 2.39. The van der Waals surface area contributed by atoms with Crippen molar-refractivity contribution in [2.75, 3.05) is 0 Å². The first-order chi connectivity index (χ1) is 17.0. The van der Waals surface area contributed by atoms with Crippen LogP contribution >= 0.6 is 11.8 Å². The van der Waals surface area contributed by atoms with E-state index < -0.39 is 5.97 Å². The Labute approximate surface area is 216 Å². The van der Waals surface area contributed by atoms with E-state index in [1.165, 1.54) is 35.4 Å². The van der Waals surface area contributed by atoms with E-state index in [1.54, 1.807) is 48.2 Å². The number of aromatic carboxylic acids is 1. The Balaban J connectivity index is 1.69. The Kier molecular flexibility index (Phi) is 7.24. The molecule has 1 aliphatic rings. The lowest BCUT2D eigenvalue weighted by molar-refractivity contribution is 0.0696. The molecule has 0 heterocycles. The number of carboxylic acid groups (broad SMARTS) is 1. The summed E-state index contributed by atoms with van der Waals surface area (Å²) in [5, 5.41) is 9.08. The summed E-state index contributed by atoms with van der Waals surface area (Å²) >= 11 is 1.69. The first-order valence-corrected chi connectivity index (χ1v) is 13.1. The van der Waals surface area contributed by atoms with E-state index >= 15 is 0 Å². The number of fused-ring (bicyclic) bond motifs is 1. The predicted molar refractivity (Wildman–Crippen MR) is 144 cm³/mol. The van der Waals surface area contributed by atoms with Crippen molar-refractivity contribution >= 4 is 29.6 Å². The van der Waals surface area contributed by atoms with Gasteiger partial charge >= 0.3 is 5.97 Å². The van der Waals surface area contributed by atoms with Crippen molar-refractivity contribution in [3.05, 3.63) is 106 Å². The Bertz CT molecular complexity index is 1320. The fraction of sp³-hybridized carbons (Fsp3) is 0.290. The minimum Gasteiger partial charge on any atom is -0.478 e. The molecule has 3 aromatic carbocycles. The molecule has 0 amide bonds. The third-order valence-electron chi connectivity index (χ3n) is 7.06. The summed E-state index contributed by atoms with van der Waals surface area (Å²) in [5.74, 6) is -0.636. The molecule has 4 rings (SSSR count). The normalized spacial score (nSPS) is 16.0. The largest absolute Gasteiger partial charge is 0.478 e. The number of carboxylic acids is 1.